The van der Waals surface area contributed by atoms with Gasteiger partial charge in [-0.25, -0.2) is 9.78 Å². The molecule has 2 aliphatic rings. The van der Waals surface area contributed by atoms with E-state index in [1.165, 1.54) is 11.3 Å². The second-order valence-corrected chi connectivity index (χ2v) is 8.72. The fourth-order valence-corrected chi connectivity index (χ4v) is 4.90. The molecule has 2 N–H and O–H groups in total. The number of amides is 3. The number of carbonyl (C=O) groups is 2. The van der Waals surface area contributed by atoms with E-state index in [2.05, 4.69) is 25.5 Å². The maximum absolute atomic E-state index is 13.1. The van der Waals surface area contributed by atoms with Gasteiger partial charge in [0.05, 0.1) is 24.7 Å². The Labute approximate surface area is 201 Å². The number of anilines is 4. The molecule has 176 valence electrons. The molecule has 10 nitrogen and oxygen atoms in total. The van der Waals surface area contributed by atoms with Gasteiger partial charge in [-0.3, -0.25) is 19.6 Å². The van der Waals surface area contributed by atoms with Crippen molar-refractivity contribution in [1.82, 2.24) is 15.3 Å². The first kappa shape index (κ1) is 22.1. The molecule has 0 atom stereocenters. The minimum atomic E-state index is -0.330. The molecule has 2 fully saturated rings. The normalized spacial score (nSPS) is 16.1. The number of urea groups is 1. The number of ether oxygens (including phenoxy) is 1. The summed E-state index contributed by atoms with van der Waals surface area (Å²) in [5, 5.41) is 8.44. The zero-order chi connectivity index (χ0) is 23.5. The lowest BCUT2D eigenvalue weighted by Gasteiger charge is -2.30. The Balaban J connectivity index is 1.29. The first-order valence-electron chi connectivity index (χ1n) is 11.0. The molecular formula is C23H25N7O3S. The van der Waals surface area contributed by atoms with Crippen LogP contribution in [0.1, 0.15) is 10.5 Å². The van der Waals surface area contributed by atoms with E-state index in [-0.39, 0.29) is 17.6 Å². The fraction of sp³-hybridized carbons (Fsp3) is 0.304. The third-order valence-corrected chi connectivity index (χ3v) is 6.70. The number of benzene rings is 1. The zero-order valence-corrected chi connectivity index (χ0v) is 19.5. The fourth-order valence-electron chi connectivity index (χ4n) is 4.08. The van der Waals surface area contributed by atoms with Crippen LogP contribution in [0.4, 0.5) is 27.0 Å². The number of thiazole rings is 1. The number of pyridine rings is 1. The molecule has 2 aliphatic heterocycles. The van der Waals surface area contributed by atoms with Crippen LogP contribution in [0.3, 0.4) is 0 Å². The first-order valence-corrected chi connectivity index (χ1v) is 11.9. The molecule has 5 rings (SSSR count). The standard InChI is InChI=1S/C23H25N7O3S/c1-33-17-4-2-3-16(13-17)29-11-12-30(23(29)32)22-27-19(15-34-22)21(31)26-18-14-25-6-5-20(18)28-9-7-24-8-10-28/h2-6,13-15,24H,7-12H2,1H3,(H,26,31). The molecule has 0 aliphatic carbocycles. The van der Waals surface area contributed by atoms with E-state index < -0.39 is 0 Å². The van der Waals surface area contributed by atoms with Crippen molar-refractivity contribution in [2.75, 3.05) is 66.4 Å². The summed E-state index contributed by atoms with van der Waals surface area (Å²) in [6.07, 6.45) is 3.37. The average molecular weight is 480 g/mol. The predicted octanol–water partition coefficient (Wildman–Crippen LogP) is 2.66. The maximum atomic E-state index is 13.1. The topological polar surface area (TPSA) is 103 Å². The van der Waals surface area contributed by atoms with Crippen molar-refractivity contribution in [3.63, 3.8) is 0 Å². The Morgan fingerprint density at radius 2 is 1.97 bits per heavy atom. The number of carbonyl (C=O) groups excluding carboxylic acids is 2. The van der Waals surface area contributed by atoms with E-state index >= 15 is 0 Å². The van der Waals surface area contributed by atoms with Crippen LogP contribution in [0.5, 0.6) is 5.75 Å². The predicted molar refractivity (Wildman–Crippen MR) is 132 cm³/mol. The molecule has 3 amide bonds. The molecule has 3 aromatic rings. The average Bonchev–Trinajstić information content (AvgIpc) is 3.52. The van der Waals surface area contributed by atoms with Crippen LogP contribution >= 0.6 is 11.3 Å². The van der Waals surface area contributed by atoms with Crippen LogP contribution in [0.25, 0.3) is 0 Å². The van der Waals surface area contributed by atoms with Gasteiger partial charge in [-0.05, 0) is 18.2 Å². The van der Waals surface area contributed by atoms with E-state index in [9.17, 15) is 9.59 Å². The van der Waals surface area contributed by atoms with Gasteiger partial charge in [0.2, 0.25) is 0 Å². The molecule has 0 radical (unpaired) electrons. The van der Waals surface area contributed by atoms with Gasteiger partial charge in [0.15, 0.2) is 5.13 Å². The zero-order valence-electron chi connectivity index (χ0n) is 18.7. The van der Waals surface area contributed by atoms with Gasteiger partial charge >= 0.3 is 6.03 Å². The van der Waals surface area contributed by atoms with E-state index in [1.54, 1.807) is 34.7 Å². The van der Waals surface area contributed by atoms with Crippen LogP contribution in [0.2, 0.25) is 0 Å². The van der Waals surface area contributed by atoms with E-state index in [4.69, 9.17) is 4.74 Å². The Kier molecular flexibility index (Phi) is 6.28. The van der Waals surface area contributed by atoms with Crippen molar-refractivity contribution in [2.24, 2.45) is 0 Å². The lowest BCUT2D eigenvalue weighted by molar-refractivity contribution is 0.102. The number of hydrogen-bond donors (Lipinski definition) is 2. The third kappa shape index (κ3) is 4.39. The Hall–Kier alpha value is -3.70. The Bertz CT molecular complexity index is 1190. The highest BCUT2D eigenvalue weighted by molar-refractivity contribution is 7.14. The number of piperazine rings is 1. The summed E-state index contributed by atoms with van der Waals surface area (Å²) in [6.45, 7) is 4.50. The molecule has 0 spiro atoms. The number of nitrogens with one attached hydrogen (secondary N) is 2. The van der Waals surface area contributed by atoms with Crippen molar-refractivity contribution < 1.29 is 14.3 Å². The van der Waals surface area contributed by atoms with Gasteiger partial charge < -0.3 is 20.3 Å². The SMILES string of the molecule is COc1cccc(N2CCN(c3nc(C(=O)Nc4cnccc4N4CCNCC4)cs3)C2=O)c1. The van der Waals surface area contributed by atoms with E-state index in [1.807, 2.05) is 30.3 Å². The summed E-state index contributed by atoms with van der Waals surface area (Å²) in [5.41, 5.74) is 2.61. The highest BCUT2D eigenvalue weighted by Crippen LogP contribution is 2.30. The molecule has 4 heterocycles. The van der Waals surface area contributed by atoms with E-state index in [0.29, 0.717) is 29.7 Å². The minimum Gasteiger partial charge on any atom is -0.497 e. The first-order chi connectivity index (χ1) is 16.6. The summed E-state index contributed by atoms with van der Waals surface area (Å²) < 4.78 is 5.27. The van der Waals surface area contributed by atoms with Crippen molar-refractivity contribution in [3.05, 3.63) is 53.8 Å². The molecule has 0 saturated carbocycles. The van der Waals surface area contributed by atoms with E-state index in [0.717, 1.165) is 37.6 Å². The van der Waals surface area contributed by atoms with Crippen molar-refractivity contribution in [1.29, 1.82) is 0 Å². The molecule has 0 unspecified atom stereocenters. The molecular weight excluding hydrogens is 454 g/mol. The molecule has 2 saturated heterocycles. The number of nitrogens with zero attached hydrogens (tertiary/aromatic N) is 5. The van der Waals surface area contributed by atoms with Crippen LogP contribution in [-0.2, 0) is 0 Å². The monoisotopic (exact) mass is 479 g/mol. The quantitative estimate of drug-likeness (QED) is 0.560. The number of aromatic nitrogens is 2. The number of methoxy groups -OCH3 is 1. The number of rotatable bonds is 6. The van der Waals surface area contributed by atoms with Gasteiger partial charge in [-0.2, -0.15) is 0 Å². The van der Waals surface area contributed by atoms with Crippen molar-refractivity contribution in [2.45, 2.75) is 0 Å². The molecule has 2 aromatic heterocycles. The highest BCUT2D eigenvalue weighted by Gasteiger charge is 2.33. The summed E-state index contributed by atoms with van der Waals surface area (Å²) in [7, 11) is 1.59. The molecule has 0 bridgehead atoms. The summed E-state index contributed by atoms with van der Waals surface area (Å²) in [5.74, 6) is 0.357. The van der Waals surface area contributed by atoms with Gasteiger partial charge in [0, 0.05) is 62.6 Å². The lowest BCUT2D eigenvalue weighted by Crippen LogP contribution is -2.43. The smallest absolute Gasteiger partial charge is 0.330 e. The van der Waals surface area contributed by atoms with Gasteiger partial charge in [-0.1, -0.05) is 6.07 Å². The summed E-state index contributed by atoms with van der Waals surface area (Å²) in [6, 6.07) is 9.11. The Morgan fingerprint density at radius 3 is 2.79 bits per heavy atom. The molecule has 1 aromatic carbocycles. The summed E-state index contributed by atoms with van der Waals surface area (Å²) >= 11 is 1.27. The van der Waals surface area contributed by atoms with Crippen LogP contribution in [-0.4, -0.2) is 68.3 Å². The lowest BCUT2D eigenvalue weighted by atomic mass is 10.2. The van der Waals surface area contributed by atoms with Crippen LogP contribution in [0, 0.1) is 0 Å². The molecule has 11 heteroatoms. The van der Waals surface area contributed by atoms with Gasteiger partial charge in [-0.15, -0.1) is 11.3 Å². The van der Waals surface area contributed by atoms with Crippen molar-refractivity contribution in [3.8, 4) is 5.75 Å². The highest BCUT2D eigenvalue weighted by atomic mass is 32.1. The maximum Gasteiger partial charge on any atom is 0.330 e. The summed E-state index contributed by atoms with van der Waals surface area (Å²) in [4.78, 5) is 40.1. The van der Waals surface area contributed by atoms with Crippen LogP contribution < -0.4 is 30.1 Å². The third-order valence-electron chi connectivity index (χ3n) is 5.83. The number of hydrogen-bond acceptors (Lipinski definition) is 8. The largest absolute Gasteiger partial charge is 0.497 e. The Morgan fingerprint density at radius 1 is 1.15 bits per heavy atom. The van der Waals surface area contributed by atoms with Crippen molar-refractivity contribution >= 4 is 45.5 Å². The van der Waals surface area contributed by atoms with Gasteiger partial charge in [0.25, 0.3) is 5.91 Å². The molecule has 34 heavy (non-hydrogen) atoms. The second-order valence-electron chi connectivity index (χ2n) is 7.89. The van der Waals surface area contributed by atoms with Gasteiger partial charge in [0.1, 0.15) is 11.4 Å². The second kappa shape index (κ2) is 9.65. The minimum absolute atomic E-state index is 0.178. The van der Waals surface area contributed by atoms with Crippen LogP contribution in [0.15, 0.2) is 48.1 Å².